The van der Waals surface area contributed by atoms with Crippen LogP contribution in [0.15, 0.2) is 30.3 Å². The number of carbonyl (C=O) groups excluding carboxylic acids is 2. The molecule has 0 aliphatic carbocycles. The molecule has 1 aromatic heterocycles. The van der Waals surface area contributed by atoms with Crippen LogP contribution in [-0.4, -0.2) is 45.8 Å². The summed E-state index contributed by atoms with van der Waals surface area (Å²) in [5, 5.41) is 4.45. The van der Waals surface area contributed by atoms with E-state index in [9.17, 15) is 9.59 Å². The van der Waals surface area contributed by atoms with Crippen molar-refractivity contribution in [1.82, 2.24) is 14.7 Å². The van der Waals surface area contributed by atoms with Gasteiger partial charge in [0.25, 0.3) is 5.91 Å². The van der Waals surface area contributed by atoms with Crippen molar-refractivity contribution in [2.75, 3.05) is 13.2 Å². The zero-order chi connectivity index (χ0) is 18.7. The molecule has 2 aromatic rings. The maximum atomic E-state index is 12.6. The number of hydrogen-bond donors (Lipinski definition) is 0. The highest BCUT2D eigenvalue weighted by molar-refractivity contribution is 5.93. The highest BCUT2D eigenvalue weighted by Gasteiger charge is 2.26. The van der Waals surface area contributed by atoms with E-state index in [2.05, 4.69) is 5.10 Å². The molecule has 6 nitrogen and oxygen atoms in total. The molecule has 1 amide bonds. The van der Waals surface area contributed by atoms with Crippen LogP contribution >= 0.6 is 0 Å². The summed E-state index contributed by atoms with van der Waals surface area (Å²) in [7, 11) is 0. The predicted molar refractivity (Wildman–Crippen MR) is 98.3 cm³/mol. The van der Waals surface area contributed by atoms with E-state index in [4.69, 9.17) is 4.74 Å². The Morgan fingerprint density at radius 2 is 1.92 bits per heavy atom. The van der Waals surface area contributed by atoms with Crippen LogP contribution in [0.2, 0.25) is 0 Å². The standard InChI is InChI=1S/C20H25N3O3/c1-14-9-7-8-12-22(14)18(24)13-26-20(25)19-15(2)21-23(16(19)3)17-10-5-4-6-11-17/h4-6,10-11,14H,7-9,12-13H2,1-3H3/t14-/m0/s1. The van der Waals surface area contributed by atoms with Gasteiger partial charge in [-0.05, 0) is 52.2 Å². The molecule has 3 rings (SSSR count). The van der Waals surface area contributed by atoms with Gasteiger partial charge in [0, 0.05) is 12.6 Å². The Labute approximate surface area is 153 Å². The fraction of sp³-hybridized carbons (Fsp3) is 0.450. The topological polar surface area (TPSA) is 64.4 Å². The second-order valence-corrected chi connectivity index (χ2v) is 6.80. The molecule has 1 aliphatic heterocycles. The largest absolute Gasteiger partial charge is 0.452 e. The lowest BCUT2D eigenvalue weighted by molar-refractivity contribution is -0.137. The summed E-state index contributed by atoms with van der Waals surface area (Å²) in [5.74, 6) is -0.628. The summed E-state index contributed by atoms with van der Waals surface area (Å²) in [4.78, 5) is 26.7. The zero-order valence-corrected chi connectivity index (χ0v) is 15.6. The first-order chi connectivity index (χ1) is 12.5. The van der Waals surface area contributed by atoms with Crippen molar-refractivity contribution in [2.45, 2.75) is 46.1 Å². The number of nitrogens with zero attached hydrogens (tertiary/aromatic N) is 3. The van der Waals surface area contributed by atoms with Gasteiger partial charge >= 0.3 is 5.97 Å². The molecule has 1 fully saturated rings. The number of benzene rings is 1. The Kier molecular flexibility index (Phi) is 5.40. The van der Waals surface area contributed by atoms with Crippen molar-refractivity contribution < 1.29 is 14.3 Å². The van der Waals surface area contributed by atoms with Gasteiger partial charge in [0.1, 0.15) is 5.56 Å². The number of hydrogen-bond acceptors (Lipinski definition) is 4. The lowest BCUT2D eigenvalue weighted by Crippen LogP contribution is -2.44. The van der Waals surface area contributed by atoms with Gasteiger partial charge in [0.05, 0.1) is 17.1 Å². The molecule has 1 aliphatic rings. The molecule has 0 bridgehead atoms. The van der Waals surface area contributed by atoms with E-state index in [-0.39, 0.29) is 18.6 Å². The first-order valence-electron chi connectivity index (χ1n) is 9.07. The minimum Gasteiger partial charge on any atom is -0.452 e. The maximum absolute atomic E-state index is 12.6. The number of carbonyl (C=O) groups is 2. The molecule has 0 unspecified atom stereocenters. The lowest BCUT2D eigenvalue weighted by Gasteiger charge is -2.33. The zero-order valence-electron chi connectivity index (χ0n) is 15.6. The molecule has 1 atom stereocenters. The van der Waals surface area contributed by atoms with Crippen molar-refractivity contribution in [3.63, 3.8) is 0 Å². The van der Waals surface area contributed by atoms with Gasteiger partial charge in [0.2, 0.25) is 0 Å². The van der Waals surface area contributed by atoms with Crippen molar-refractivity contribution in [1.29, 1.82) is 0 Å². The fourth-order valence-electron chi connectivity index (χ4n) is 3.51. The Bertz CT molecular complexity index is 798. The first-order valence-corrected chi connectivity index (χ1v) is 9.07. The highest BCUT2D eigenvalue weighted by atomic mass is 16.5. The summed E-state index contributed by atoms with van der Waals surface area (Å²) in [5.41, 5.74) is 2.60. The Hall–Kier alpha value is -2.63. The number of amides is 1. The van der Waals surface area contributed by atoms with Gasteiger partial charge in [-0.2, -0.15) is 5.10 Å². The second-order valence-electron chi connectivity index (χ2n) is 6.80. The minimum absolute atomic E-state index is 0.128. The van der Waals surface area contributed by atoms with Crippen LogP contribution in [-0.2, 0) is 9.53 Å². The van der Waals surface area contributed by atoms with E-state index >= 15 is 0 Å². The van der Waals surface area contributed by atoms with Gasteiger partial charge in [-0.1, -0.05) is 18.2 Å². The molecule has 0 radical (unpaired) electrons. The van der Waals surface area contributed by atoms with E-state index in [0.29, 0.717) is 17.0 Å². The van der Waals surface area contributed by atoms with Crippen LogP contribution in [0.25, 0.3) is 5.69 Å². The number of aryl methyl sites for hydroxylation is 1. The quantitative estimate of drug-likeness (QED) is 0.791. The average molecular weight is 355 g/mol. The van der Waals surface area contributed by atoms with E-state index < -0.39 is 5.97 Å². The van der Waals surface area contributed by atoms with Crippen LogP contribution in [0.5, 0.6) is 0 Å². The van der Waals surface area contributed by atoms with Crippen molar-refractivity contribution in [3.05, 3.63) is 47.3 Å². The third-order valence-corrected chi connectivity index (χ3v) is 4.95. The number of likely N-dealkylation sites (tertiary alicyclic amines) is 1. The maximum Gasteiger partial charge on any atom is 0.342 e. The van der Waals surface area contributed by atoms with Crippen molar-refractivity contribution in [2.24, 2.45) is 0 Å². The van der Waals surface area contributed by atoms with E-state index in [1.54, 1.807) is 11.6 Å². The molecule has 0 saturated carbocycles. The van der Waals surface area contributed by atoms with Crippen LogP contribution in [0.3, 0.4) is 0 Å². The normalized spacial score (nSPS) is 17.2. The van der Waals surface area contributed by atoms with Crippen LogP contribution in [0.1, 0.15) is 47.9 Å². The highest BCUT2D eigenvalue weighted by Crippen LogP contribution is 2.20. The van der Waals surface area contributed by atoms with Crippen LogP contribution in [0.4, 0.5) is 0 Å². The molecule has 2 heterocycles. The summed E-state index contributed by atoms with van der Waals surface area (Å²) >= 11 is 0. The molecule has 1 saturated heterocycles. The minimum atomic E-state index is -0.500. The number of rotatable bonds is 4. The number of para-hydroxylation sites is 1. The molecule has 26 heavy (non-hydrogen) atoms. The van der Waals surface area contributed by atoms with Crippen molar-refractivity contribution >= 4 is 11.9 Å². The van der Waals surface area contributed by atoms with E-state index in [0.717, 1.165) is 31.5 Å². The smallest absolute Gasteiger partial charge is 0.342 e. The van der Waals surface area contributed by atoms with Gasteiger partial charge in [-0.3, -0.25) is 4.79 Å². The molecular formula is C20H25N3O3. The summed E-state index contributed by atoms with van der Waals surface area (Å²) in [6.07, 6.45) is 3.15. The fourth-order valence-corrected chi connectivity index (χ4v) is 3.51. The molecule has 0 spiro atoms. The molecule has 138 valence electrons. The lowest BCUT2D eigenvalue weighted by atomic mass is 10.0. The first kappa shape index (κ1) is 18.2. The van der Waals surface area contributed by atoms with Gasteiger partial charge in [-0.25, -0.2) is 9.48 Å². The number of ether oxygens (including phenoxy) is 1. The summed E-state index contributed by atoms with van der Waals surface area (Å²) in [6.45, 7) is 6.16. The van der Waals surface area contributed by atoms with Gasteiger partial charge in [-0.15, -0.1) is 0 Å². The van der Waals surface area contributed by atoms with Crippen LogP contribution in [0, 0.1) is 13.8 Å². The summed E-state index contributed by atoms with van der Waals surface area (Å²) in [6, 6.07) is 9.83. The third kappa shape index (κ3) is 3.64. The molecular weight excluding hydrogens is 330 g/mol. The van der Waals surface area contributed by atoms with Gasteiger partial charge in [0.15, 0.2) is 6.61 Å². The van der Waals surface area contributed by atoms with E-state index in [1.807, 2.05) is 49.1 Å². The third-order valence-electron chi connectivity index (χ3n) is 4.95. The van der Waals surface area contributed by atoms with Crippen LogP contribution < -0.4 is 0 Å². The van der Waals surface area contributed by atoms with E-state index in [1.165, 1.54) is 0 Å². The Balaban J connectivity index is 1.70. The Morgan fingerprint density at radius 3 is 2.62 bits per heavy atom. The molecule has 6 heteroatoms. The van der Waals surface area contributed by atoms with Gasteiger partial charge < -0.3 is 9.64 Å². The Morgan fingerprint density at radius 1 is 1.19 bits per heavy atom. The number of piperidine rings is 1. The molecule has 0 N–H and O–H groups in total. The summed E-state index contributed by atoms with van der Waals surface area (Å²) < 4.78 is 7.04. The predicted octanol–water partition coefficient (Wildman–Crippen LogP) is 3.05. The number of aromatic nitrogens is 2. The molecule has 1 aromatic carbocycles. The monoisotopic (exact) mass is 355 g/mol. The van der Waals surface area contributed by atoms with Crippen molar-refractivity contribution in [3.8, 4) is 5.69 Å². The number of esters is 1. The average Bonchev–Trinajstić information content (AvgIpc) is 2.95. The SMILES string of the molecule is Cc1nn(-c2ccccc2)c(C)c1C(=O)OCC(=O)N1CCCC[C@@H]1C. The second kappa shape index (κ2) is 7.72.